The van der Waals surface area contributed by atoms with Crippen LogP contribution in [0.3, 0.4) is 0 Å². The number of rotatable bonds is 9. The molecule has 0 saturated heterocycles. The van der Waals surface area contributed by atoms with Crippen LogP contribution in [0.4, 0.5) is 5.13 Å². The quantitative estimate of drug-likeness (QED) is 0.760. The Balaban J connectivity index is 2.07. The summed E-state index contributed by atoms with van der Waals surface area (Å²) in [4.78, 5) is 8.59. The van der Waals surface area contributed by atoms with Gasteiger partial charge in [-0.05, 0) is 33.1 Å². The minimum absolute atomic E-state index is 0.449. The Labute approximate surface area is 126 Å². The molecule has 114 valence electrons. The van der Waals surface area contributed by atoms with E-state index in [-0.39, 0.29) is 0 Å². The third-order valence-corrected chi connectivity index (χ3v) is 4.77. The van der Waals surface area contributed by atoms with Gasteiger partial charge in [0.2, 0.25) is 0 Å². The SMILES string of the molecule is CCc1nc(N(CCOC)C(C)C)sc1CNC1CC1. The number of methoxy groups -OCH3 is 1. The zero-order valence-electron chi connectivity index (χ0n) is 13.1. The minimum atomic E-state index is 0.449. The number of ether oxygens (including phenoxy) is 1. The first-order valence-corrected chi connectivity index (χ1v) is 8.44. The summed E-state index contributed by atoms with van der Waals surface area (Å²) in [7, 11) is 1.75. The number of nitrogens with zero attached hydrogens (tertiary/aromatic N) is 2. The van der Waals surface area contributed by atoms with Crippen molar-refractivity contribution >= 4 is 16.5 Å². The van der Waals surface area contributed by atoms with Gasteiger partial charge in [-0.1, -0.05) is 6.92 Å². The number of aryl methyl sites for hydroxylation is 1. The van der Waals surface area contributed by atoms with Gasteiger partial charge in [0.15, 0.2) is 5.13 Å². The van der Waals surface area contributed by atoms with Gasteiger partial charge < -0.3 is 15.0 Å². The Kier molecular flexibility index (Phi) is 5.81. The van der Waals surface area contributed by atoms with Gasteiger partial charge in [0.25, 0.3) is 0 Å². The van der Waals surface area contributed by atoms with Crippen molar-refractivity contribution in [3.63, 3.8) is 0 Å². The number of aromatic nitrogens is 1. The molecule has 0 aromatic carbocycles. The average molecular weight is 297 g/mol. The van der Waals surface area contributed by atoms with Gasteiger partial charge in [0.1, 0.15) is 0 Å². The van der Waals surface area contributed by atoms with Gasteiger partial charge in [-0.25, -0.2) is 4.98 Å². The molecule has 1 heterocycles. The van der Waals surface area contributed by atoms with E-state index in [0.717, 1.165) is 37.3 Å². The highest BCUT2D eigenvalue weighted by Gasteiger charge is 2.22. The molecule has 0 amide bonds. The smallest absolute Gasteiger partial charge is 0.186 e. The zero-order chi connectivity index (χ0) is 14.5. The van der Waals surface area contributed by atoms with Gasteiger partial charge in [-0.3, -0.25) is 0 Å². The molecule has 1 saturated carbocycles. The molecule has 5 heteroatoms. The summed E-state index contributed by atoms with van der Waals surface area (Å²) in [5, 5.41) is 4.74. The predicted molar refractivity (Wildman–Crippen MR) is 85.7 cm³/mol. The summed E-state index contributed by atoms with van der Waals surface area (Å²) in [6, 6.07) is 1.20. The molecular weight excluding hydrogens is 270 g/mol. The van der Waals surface area contributed by atoms with Gasteiger partial charge >= 0.3 is 0 Å². The van der Waals surface area contributed by atoms with Crippen molar-refractivity contribution in [1.82, 2.24) is 10.3 Å². The number of hydrogen-bond acceptors (Lipinski definition) is 5. The second-order valence-electron chi connectivity index (χ2n) is 5.65. The molecule has 1 N–H and O–H groups in total. The number of anilines is 1. The van der Waals surface area contributed by atoms with E-state index in [0.29, 0.717) is 6.04 Å². The fourth-order valence-corrected chi connectivity index (χ4v) is 3.45. The average Bonchev–Trinajstić information content (AvgIpc) is 3.16. The van der Waals surface area contributed by atoms with Crippen LogP contribution >= 0.6 is 11.3 Å². The van der Waals surface area contributed by atoms with Crippen LogP contribution in [0.5, 0.6) is 0 Å². The molecule has 0 unspecified atom stereocenters. The summed E-state index contributed by atoms with van der Waals surface area (Å²) in [6.45, 7) is 9.24. The van der Waals surface area contributed by atoms with Gasteiger partial charge in [-0.15, -0.1) is 11.3 Å². The Bertz CT molecular complexity index is 415. The minimum Gasteiger partial charge on any atom is -0.383 e. The van der Waals surface area contributed by atoms with E-state index in [9.17, 15) is 0 Å². The highest BCUT2D eigenvalue weighted by molar-refractivity contribution is 7.15. The molecule has 1 aliphatic carbocycles. The highest BCUT2D eigenvalue weighted by atomic mass is 32.1. The van der Waals surface area contributed by atoms with E-state index in [1.54, 1.807) is 7.11 Å². The first-order valence-electron chi connectivity index (χ1n) is 7.63. The summed E-state index contributed by atoms with van der Waals surface area (Å²) < 4.78 is 5.22. The molecule has 1 aromatic rings. The lowest BCUT2D eigenvalue weighted by atomic mass is 10.3. The van der Waals surface area contributed by atoms with Crippen molar-refractivity contribution in [3.8, 4) is 0 Å². The normalized spacial score (nSPS) is 15.1. The van der Waals surface area contributed by atoms with Crippen LogP contribution in [0.25, 0.3) is 0 Å². The van der Waals surface area contributed by atoms with Crippen LogP contribution in [0.15, 0.2) is 0 Å². The number of nitrogens with one attached hydrogen (secondary N) is 1. The summed E-state index contributed by atoms with van der Waals surface area (Å²) in [5.41, 5.74) is 1.25. The largest absolute Gasteiger partial charge is 0.383 e. The van der Waals surface area contributed by atoms with E-state index < -0.39 is 0 Å². The first kappa shape index (κ1) is 15.7. The van der Waals surface area contributed by atoms with Crippen molar-refractivity contribution in [3.05, 3.63) is 10.6 Å². The second-order valence-corrected chi connectivity index (χ2v) is 6.72. The van der Waals surface area contributed by atoms with Crippen molar-refractivity contribution in [2.24, 2.45) is 0 Å². The molecule has 1 fully saturated rings. The second kappa shape index (κ2) is 7.38. The third-order valence-electron chi connectivity index (χ3n) is 3.64. The third kappa shape index (κ3) is 4.17. The summed E-state index contributed by atoms with van der Waals surface area (Å²) >= 11 is 1.84. The van der Waals surface area contributed by atoms with Crippen LogP contribution < -0.4 is 10.2 Å². The van der Waals surface area contributed by atoms with Crippen molar-refractivity contribution in [2.75, 3.05) is 25.2 Å². The van der Waals surface area contributed by atoms with Gasteiger partial charge in [0.05, 0.1) is 12.3 Å². The number of hydrogen-bond donors (Lipinski definition) is 1. The zero-order valence-corrected chi connectivity index (χ0v) is 13.9. The summed E-state index contributed by atoms with van der Waals surface area (Å²) in [5.74, 6) is 0. The highest BCUT2D eigenvalue weighted by Crippen LogP contribution is 2.29. The van der Waals surface area contributed by atoms with Crippen LogP contribution in [-0.2, 0) is 17.7 Å². The molecule has 1 aromatic heterocycles. The maximum absolute atomic E-state index is 5.22. The predicted octanol–water partition coefficient (Wildman–Crippen LogP) is 2.82. The Hall–Kier alpha value is -0.650. The fraction of sp³-hybridized carbons (Fsp3) is 0.800. The number of thiazole rings is 1. The molecule has 0 atom stereocenters. The molecule has 0 bridgehead atoms. The van der Waals surface area contributed by atoms with Crippen LogP contribution in [0, 0.1) is 0 Å². The summed E-state index contributed by atoms with van der Waals surface area (Å²) in [6.07, 6.45) is 3.67. The van der Waals surface area contributed by atoms with E-state index in [1.165, 1.54) is 23.4 Å². The standard InChI is InChI=1S/C15H27N3OS/c1-5-13-14(10-16-12-6-7-12)20-15(17-13)18(11(2)3)8-9-19-4/h11-12,16H,5-10H2,1-4H3. The van der Waals surface area contributed by atoms with E-state index >= 15 is 0 Å². The molecule has 4 nitrogen and oxygen atoms in total. The van der Waals surface area contributed by atoms with Crippen molar-refractivity contribution in [1.29, 1.82) is 0 Å². The maximum atomic E-state index is 5.22. The lowest BCUT2D eigenvalue weighted by Gasteiger charge is -2.25. The topological polar surface area (TPSA) is 37.4 Å². The lowest BCUT2D eigenvalue weighted by molar-refractivity contribution is 0.204. The van der Waals surface area contributed by atoms with E-state index in [1.807, 2.05) is 11.3 Å². The molecule has 0 aliphatic heterocycles. The van der Waals surface area contributed by atoms with Crippen LogP contribution in [-0.4, -0.2) is 37.3 Å². The van der Waals surface area contributed by atoms with E-state index in [2.05, 4.69) is 31.0 Å². The van der Waals surface area contributed by atoms with Crippen molar-refractivity contribution in [2.45, 2.75) is 58.7 Å². The van der Waals surface area contributed by atoms with Crippen molar-refractivity contribution < 1.29 is 4.74 Å². The molecule has 0 radical (unpaired) electrons. The van der Waals surface area contributed by atoms with Crippen LogP contribution in [0.2, 0.25) is 0 Å². The van der Waals surface area contributed by atoms with Gasteiger partial charge in [-0.2, -0.15) is 0 Å². The molecule has 1 aliphatic rings. The maximum Gasteiger partial charge on any atom is 0.186 e. The molecular formula is C15H27N3OS. The lowest BCUT2D eigenvalue weighted by Crippen LogP contribution is -2.33. The molecule has 2 rings (SSSR count). The van der Waals surface area contributed by atoms with E-state index in [4.69, 9.17) is 9.72 Å². The van der Waals surface area contributed by atoms with Gasteiger partial charge in [0, 0.05) is 37.2 Å². The Morgan fingerprint density at radius 2 is 2.20 bits per heavy atom. The first-order chi connectivity index (χ1) is 9.65. The Morgan fingerprint density at radius 1 is 1.45 bits per heavy atom. The Morgan fingerprint density at radius 3 is 2.75 bits per heavy atom. The fourth-order valence-electron chi connectivity index (χ4n) is 2.20. The monoisotopic (exact) mass is 297 g/mol. The van der Waals surface area contributed by atoms with Crippen LogP contribution in [0.1, 0.15) is 44.2 Å². The molecule has 0 spiro atoms. The molecule has 20 heavy (non-hydrogen) atoms.